The molecule has 0 unspecified atom stereocenters. The van der Waals surface area contributed by atoms with Crippen LogP contribution in [0.1, 0.15) is 95.2 Å². The molecule has 40 heavy (non-hydrogen) atoms. The fourth-order valence-corrected chi connectivity index (χ4v) is 7.87. The Hall–Kier alpha value is -3.90. The molecule has 2 aliphatic carbocycles. The fourth-order valence-electron chi connectivity index (χ4n) is 7.87. The molecule has 0 heterocycles. The predicted octanol–water partition coefficient (Wildman–Crippen LogP) is 9.71. The molecule has 198 valence electrons. The van der Waals surface area contributed by atoms with Gasteiger partial charge >= 0.3 is 0 Å². The van der Waals surface area contributed by atoms with Crippen molar-refractivity contribution in [3.63, 3.8) is 0 Å². The first kappa shape index (κ1) is 25.1. The molecule has 0 heteroatoms. The molecule has 0 N–H and O–H groups in total. The van der Waals surface area contributed by atoms with E-state index in [-0.39, 0.29) is 10.8 Å². The zero-order valence-electron chi connectivity index (χ0n) is 24.1. The van der Waals surface area contributed by atoms with E-state index in [0.717, 1.165) is 12.8 Å². The van der Waals surface area contributed by atoms with Gasteiger partial charge in [-0.15, -0.1) is 0 Å². The molecule has 0 radical (unpaired) electrons. The van der Waals surface area contributed by atoms with Gasteiger partial charge in [0.05, 0.1) is 0 Å². The van der Waals surface area contributed by atoms with Crippen LogP contribution >= 0.6 is 0 Å². The molecule has 0 amide bonds. The van der Waals surface area contributed by atoms with E-state index in [9.17, 15) is 0 Å². The quantitative estimate of drug-likeness (QED) is 0.222. The van der Waals surface area contributed by atoms with E-state index in [1.54, 1.807) is 0 Å². The second kappa shape index (κ2) is 9.34. The lowest BCUT2D eigenvalue weighted by molar-refractivity contribution is 0.442. The predicted molar refractivity (Wildman–Crippen MR) is 168 cm³/mol. The molecule has 0 fully saturated rings. The Morgan fingerprint density at radius 2 is 0.625 bits per heavy atom. The van der Waals surface area contributed by atoms with Crippen molar-refractivity contribution in [3.05, 3.63) is 177 Å². The van der Waals surface area contributed by atoms with Crippen LogP contribution in [0.25, 0.3) is 0 Å². The van der Waals surface area contributed by atoms with Gasteiger partial charge in [-0.3, -0.25) is 0 Å². The molecule has 0 atom stereocenters. The van der Waals surface area contributed by atoms with Crippen molar-refractivity contribution in [2.24, 2.45) is 0 Å². The minimum atomic E-state index is -0.0562. The van der Waals surface area contributed by atoms with Gasteiger partial charge in [0.15, 0.2) is 0 Å². The van der Waals surface area contributed by atoms with E-state index >= 15 is 0 Å². The van der Waals surface area contributed by atoms with Crippen LogP contribution in [0.4, 0.5) is 0 Å². The van der Waals surface area contributed by atoms with E-state index in [2.05, 4.69) is 149 Å². The van der Waals surface area contributed by atoms with Crippen molar-refractivity contribution in [1.82, 2.24) is 0 Å². The summed E-state index contributed by atoms with van der Waals surface area (Å²) in [5.74, 6) is 0.647. The molecule has 5 aromatic rings. The van der Waals surface area contributed by atoms with Crippen molar-refractivity contribution >= 4 is 0 Å². The van der Waals surface area contributed by atoms with Crippen LogP contribution in [-0.4, -0.2) is 0 Å². The van der Waals surface area contributed by atoms with Gasteiger partial charge in [-0.05, 0) is 68.5 Å². The number of benzene rings is 5. The minimum Gasteiger partial charge on any atom is -0.0620 e. The highest BCUT2D eigenvalue weighted by Gasteiger charge is 2.40. The lowest BCUT2D eigenvalue weighted by Crippen LogP contribution is -2.33. The van der Waals surface area contributed by atoms with Gasteiger partial charge in [0.2, 0.25) is 0 Å². The molecule has 0 bridgehead atoms. The van der Waals surface area contributed by atoms with E-state index in [1.807, 2.05) is 0 Å². The van der Waals surface area contributed by atoms with Crippen LogP contribution in [0.15, 0.2) is 121 Å². The lowest BCUT2D eigenvalue weighted by atomic mass is 9.61. The van der Waals surface area contributed by atoms with Crippen molar-refractivity contribution in [2.75, 3.05) is 0 Å². The Bertz CT molecular complexity index is 1480. The molecular formula is C40H38. The van der Waals surface area contributed by atoms with Gasteiger partial charge in [-0.2, -0.15) is 0 Å². The lowest BCUT2D eigenvalue weighted by Gasteiger charge is -2.42. The van der Waals surface area contributed by atoms with Crippen molar-refractivity contribution in [2.45, 2.75) is 63.2 Å². The first-order valence-corrected chi connectivity index (χ1v) is 14.8. The molecule has 0 saturated heterocycles. The van der Waals surface area contributed by atoms with Crippen molar-refractivity contribution < 1.29 is 0 Å². The third-order valence-electron chi connectivity index (χ3n) is 10.0. The molecule has 0 saturated carbocycles. The van der Waals surface area contributed by atoms with Crippen LogP contribution in [0.3, 0.4) is 0 Å². The highest BCUT2D eigenvalue weighted by atomic mass is 14.4. The summed E-state index contributed by atoms with van der Waals surface area (Å²) in [6, 6.07) is 45.9. The second-order valence-electron chi connectivity index (χ2n) is 13.0. The van der Waals surface area contributed by atoms with Crippen LogP contribution in [0.2, 0.25) is 0 Å². The van der Waals surface area contributed by atoms with Gasteiger partial charge in [0.25, 0.3) is 0 Å². The number of fused-ring (bicyclic) bond motifs is 4. The molecule has 0 aromatic heterocycles. The molecule has 0 aliphatic heterocycles. The third-order valence-corrected chi connectivity index (χ3v) is 10.0. The third kappa shape index (κ3) is 3.88. The summed E-state index contributed by atoms with van der Waals surface area (Å²) in [5, 5.41) is 0. The summed E-state index contributed by atoms with van der Waals surface area (Å²) < 4.78 is 0. The summed E-state index contributed by atoms with van der Waals surface area (Å²) in [5.41, 5.74) is 14.4. The van der Waals surface area contributed by atoms with Crippen LogP contribution in [-0.2, 0) is 23.7 Å². The molecule has 0 spiro atoms. The van der Waals surface area contributed by atoms with E-state index in [1.165, 1.54) is 55.6 Å². The largest absolute Gasteiger partial charge is 0.0620 e. The SMILES string of the molecule is CC(C)(c1ccc(C(C)(C)C2c3ccccc3Cc3ccccc32)cc1)C1c2ccccc2Cc2ccccc21. The average Bonchev–Trinajstić information content (AvgIpc) is 2.98. The Balaban J connectivity index is 1.29. The zero-order valence-corrected chi connectivity index (χ0v) is 24.1. The van der Waals surface area contributed by atoms with Gasteiger partial charge in [-0.25, -0.2) is 0 Å². The van der Waals surface area contributed by atoms with Crippen LogP contribution < -0.4 is 0 Å². The maximum absolute atomic E-state index is 2.43. The summed E-state index contributed by atoms with van der Waals surface area (Å²) in [7, 11) is 0. The Morgan fingerprint density at radius 1 is 0.375 bits per heavy atom. The number of hydrogen-bond donors (Lipinski definition) is 0. The van der Waals surface area contributed by atoms with Gasteiger partial charge in [0, 0.05) is 22.7 Å². The normalized spacial score (nSPS) is 15.1. The van der Waals surface area contributed by atoms with E-state index < -0.39 is 0 Å². The number of rotatable bonds is 4. The topological polar surface area (TPSA) is 0 Å². The molecule has 5 aromatic carbocycles. The Kier molecular flexibility index (Phi) is 5.86. The smallest absolute Gasteiger partial charge is 0.0187 e. The minimum absolute atomic E-state index is 0.0562. The van der Waals surface area contributed by atoms with Gasteiger partial charge in [-0.1, -0.05) is 149 Å². The number of hydrogen-bond acceptors (Lipinski definition) is 0. The van der Waals surface area contributed by atoms with E-state index in [4.69, 9.17) is 0 Å². The highest BCUT2D eigenvalue weighted by Crippen LogP contribution is 2.51. The van der Waals surface area contributed by atoms with Crippen LogP contribution in [0.5, 0.6) is 0 Å². The Morgan fingerprint density at radius 3 is 0.900 bits per heavy atom. The van der Waals surface area contributed by atoms with Gasteiger partial charge < -0.3 is 0 Å². The highest BCUT2D eigenvalue weighted by molar-refractivity contribution is 5.55. The summed E-state index contributed by atoms with van der Waals surface area (Å²) >= 11 is 0. The zero-order chi connectivity index (χ0) is 27.5. The van der Waals surface area contributed by atoms with Crippen molar-refractivity contribution in [3.8, 4) is 0 Å². The average molecular weight is 519 g/mol. The maximum atomic E-state index is 2.43. The Labute approximate surface area is 239 Å². The first-order chi connectivity index (χ1) is 19.4. The first-order valence-electron chi connectivity index (χ1n) is 14.8. The monoisotopic (exact) mass is 518 g/mol. The fraction of sp³-hybridized carbons (Fsp3) is 0.250. The summed E-state index contributed by atoms with van der Waals surface area (Å²) in [4.78, 5) is 0. The van der Waals surface area contributed by atoms with Crippen LogP contribution in [0, 0.1) is 0 Å². The standard InChI is InChI=1S/C40H38/c1-39(2,37-33-17-9-5-13-27(33)25-28-14-6-10-18-34(28)37)31-21-23-32(24-22-31)40(3,4)38-35-19-11-7-15-29(35)26-30-16-8-12-20-36(30)38/h5-24,37-38H,25-26H2,1-4H3. The molecular weight excluding hydrogens is 480 g/mol. The maximum Gasteiger partial charge on any atom is 0.0187 e. The van der Waals surface area contributed by atoms with E-state index in [0.29, 0.717) is 11.8 Å². The molecule has 2 aliphatic rings. The molecule has 0 nitrogen and oxygen atoms in total. The summed E-state index contributed by atoms with van der Waals surface area (Å²) in [6.45, 7) is 9.74. The second-order valence-corrected chi connectivity index (χ2v) is 13.0. The molecule has 7 rings (SSSR count). The van der Waals surface area contributed by atoms with Gasteiger partial charge in [0.1, 0.15) is 0 Å². The van der Waals surface area contributed by atoms with Crippen molar-refractivity contribution in [1.29, 1.82) is 0 Å². The summed E-state index contributed by atoms with van der Waals surface area (Å²) in [6.07, 6.45) is 2.05.